The van der Waals surface area contributed by atoms with Gasteiger partial charge in [0.05, 0.1) is 12.2 Å². The lowest BCUT2D eigenvalue weighted by atomic mass is 10.0. The summed E-state index contributed by atoms with van der Waals surface area (Å²) in [4.78, 5) is 11.9. The maximum absolute atomic E-state index is 11.9. The van der Waals surface area contributed by atoms with Crippen molar-refractivity contribution in [3.8, 4) is 0 Å². The number of hydrogen-bond acceptors (Lipinski definition) is 2. The van der Waals surface area contributed by atoms with Crippen molar-refractivity contribution in [2.75, 3.05) is 0 Å². The molecule has 0 saturated heterocycles. The Hall–Kier alpha value is -2.10. The lowest BCUT2D eigenvalue weighted by Gasteiger charge is -2.07. The minimum absolute atomic E-state index is 0.0695. The van der Waals surface area contributed by atoms with Gasteiger partial charge in [-0.3, -0.25) is 9.89 Å². The van der Waals surface area contributed by atoms with E-state index in [0.29, 0.717) is 18.0 Å². The molecule has 2 aromatic rings. The minimum Gasteiger partial charge on any atom is -0.346 e. The predicted octanol–water partition coefficient (Wildman–Crippen LogP) is 2.46. The molecular formula is C14H17N3O. The van der Waals surface area contributed by atoms with Gasteiger partial charge < -0.3 is 5.32 Å². The van der Waals surface area contributed by atoms with Gasteiger partial charge >= 0.3 is 0 Å². The summed E-state index contributed by atoms with van der Waals surface area (Å²) < 4.78 is 0. The first-order valence-corrected chi connectivity index (χ1v) is 6.03. The van der Waals surface area contributed by atoms with E-state index in [4.69, 9.17) is 0 Å². The number of aromatic amines is 1. The van der Waals surface area contributed by atoms with Crippen LogP contribution in [0, 0.1) is 0 Å². The second-order valence-corrected chi connectivity index (χ2v) is 4.54. The molecule has 0 radical (unpaired) electrons. The van der Waals surface area contributed by atoms with Crippen LogP contribution in [0.3, 0.4) is 0 Å². The number of amides is 1. The van der Waals surface area contributed by atoms with Crippen LogP contribution in [0.2, 0.25) is 0 Å². The van der Waals surface area contributed by atoms with Gasteiger partial charge in [0, 0.05) is 11.8 Å². The fourth-order valence-corrected chi connectivity index (χ4v) is 1.68. The third-order valence-corrected chi connectivity index (χ3v) is 2.84. The molecule has 94 valence electrons. The summed E-state index contributed by atoms with van der Waals surface area (Å²) in [5.74, 6) is 0.409. The van der Waals surface area contributed by atoms with E-state index in [0.717, 1.165) is 5.69 Å². The van der Waals surface area contributed by atoms with E-state index >= 15 is 0 Å². The van der Waals surface area contributed by atoms with Crippen molar-refractivity contribution in [3.63, 3.8) is 0 Å². The number of rotatable bonds is 4. The average molecular weight is 243 g/mol. The molecule has 0 aliphatic rings. The van der Waals surface area contributed by atoms with E-state index in [9.17, 15) is 4.79 Å². The molecule has 4 nitrogen and oxygen atoms in total. The van der Waals surface area contributed by atoms with Crippen LogP contribution in [0.15, 0.2) is 36.5 Å². The highest BCUT2D eigenvalue weighted by Gasteiger charge is 2.06. The van der Waals surface area contributed by atoms with E-state index in [1.165, 1.54) is 5.56 Å². The molecule has 0 atom stereocenters. The molecule has 0 fully saturated rings. The van der Waals surface area contributed by atoms with Crippen molar-refractivity contribution in [1.82, 2.24) is 15.5 Å². The Kier molecular flexibility index (Phi) is 3.77. The van der Waals surface area contributed by atoms with Gasteiger partial charge in [-0.15, -0.1) is 0 Å². The molecule has 18 heavy (non-hydrogen) atoms. The second kappa shape index (κ2) is 5.49. The summed E-state index contributed by atoms with van der Waals surface area (Å²) in [5, 5.41) is 9.47. The zero-order chi connectivity index (χ0) is 13.0. The monoisotopic (exact) mass is 243 g/mol. The summed E-state index contributed by atoms with van der Waals surface area (Å²) in [7, 11) is 0. The van der Waals surface area contributed by atoms with Crippen LogP contribution in [0.1, 0.15) is 41.4 Å². The van der Waals surface area contributed by atoms with Gasteiger partial charge in [0.15, 0.2) is 0 Å². The highest BCUT2D eigenvalue weighted by molar-refractivity contribution is 5.94. The van der Waals surface area contributed by atoms with Crippen LogP contribution in [0.5, 0.6) is 0 Å². The van der Waals surface area contributed by atoms with Crippen molar-refractivity contribution < 1.29 is 4.79 Å². The Morgan fingerprint density at radius 2 is 2.00 bits per heavy atom. The SMILES string of the molecule is CC(C)c1ccc(C(=O)NCc2ccn[nH]2)cc1. The molecule has 0 aliphatic carbocycles. The predicted molar refractivity (Wildman–Crippen MR) is 70.3 cm³/mol. The third-order valence-electron chi connectivity index (χ3n) is 2.84. The van der Waals surface area contributed by atoms with Crippen LogP contribution in [-0.2, 0) is 6.54 Å². The van der Waals surface area contributed by atoms with Crippen LogP contribution >= 0.6 is 0 Å². The first-order chi connectivity index (χ1) is 8.66. The topological polar surface area (TPSA) is 57.8 Å². The molecule has 1 aromatic carbocycles. The van der Waals surface area contributed by atoms with Crippen LogP contribution < -0.4 is 5.32 Å². The van der Waals surface area contributed by atoms with Crippen LogP contribution in [-0.4, -0.2) is 16.1 Å². The van der Waals surface area contributed by atoms with Crippen molar-refractivity contribution in [3.05, 3.63) is 53.3 Å². The quantitative estimate of drug-likeness (QED) is 0.866. The van der Waals surface area contributed by atoms with Gasteiger partial charge in [-0.05, 0) is 29.7 Å². The number of benzene rings is 1. The average Bonchev–Trinajstić information content (AvgIpc) is 2.89. The molecule has 2 rings (SSSR count). The number of carbonyl (C=O) groups excluding carboxylic acids is 1. The highest BCUT2D eigenvalue weighted by Crippen LogP contribution is 2.14. The van der Waals surface area contributed by atoms with E-state index < -0.39 is 0 Å². The third kappa shape index (κ3) is 2.97. The zero-order valence-corrected chi connectivity index (χ0v) is 10.6. The fraction of sp³-hybridized carbons (Fsp3) is 0.286. The normalized spacial score (nSPS) is 10.6. The second-order valence-electron chi connectivity index (χ2n) is 4.54. The van der Waals surface area contributed by atoms with Crippen molar-refractivity contribution in [2.45, 2.75) is 26.3 Å². The van der Waals surface area contributed by atoms with E-state index in [1.54, 1.807) is 6.20 Å². The van der Waals surface area contributed by atoms with E-state index in [-0.39, 0.29) is 5.91 Å². The Morgan fingerprint density at radius 3 is 2.56 bits per heavy atom. The zero-order valence-electron chi connectivity index (χ0n) is 10.6. The molecule has 0 aliphatic heterocycles. The first kappa shape index (κ1) is 12.4. The molecule has 4 heteroatoms. The molecule has 1 heterocycles. The van der Waals surface area contributed by atoms with E-state index in [2.05, 4.69) is 29.4 Å². The largest absolute Gasteiger partial charge is 0.346 e. The van der Waals surface area contributed by atoms with Crippen LogP contribution in [0.4, 0.5) is 0 Å². The Morgan fingerprint density at radius 1 is 1.28 bits per heavy atom. The molecule has 1 amide bonds. The summed E-state index contributed by atoms with van der Waals surface area (Å²) >= 11 is 0. The summed E-state index contributed by atoms with van der Waals surface area (Å²) in [5.41, 5.74) is 2.81. The van der Waals surface area contributed by atoms with Crippen molar-refractivity contribution >= 4 is 5.91 Å². The smallest absolute Gasteiger partial charge is 0.251 e. The number of hydrogen-bond donors (Lipinski definition) is 2. The number of aromatic nitrogens is 2. The molecule has 0 saturated carbocycles. The van der Waals surface area contributed by atoms with Gasteiger partial charge in [-0.1, -0.05) is 26.0 Å². The van der Waals surface area contributed by atoms with Gasteiger partial charge in [-0.2, -0.15) is 5.10 Å². The number of carbonyl (C=O) groups is 1. The first-order valence-electron chi connectivity index (χ1n) is 6.03. The molecule has 2 N–H and O–H groups in total. The fourth-order valence-electron chi connectivity index (χ4n) is 1.68. The number of H-pyrrole nitrogens is 1. The van der Waals surface area contributed by atoms with E-state index in [1.807, 2.05) is 30.3 Å². The maximum atomic E-state index is 11.9. The number of nitrogens with zero attached hydrogens (tertiary/aromatic N) is 1. The summed E-state index contributed by atoms with van der Waals surface area (Å²) in [6.45, 7) is 4.73. The van der Waals surface area contributed by atoms with Crippen LogP contribution in [0.25, 0.3) is 0 Å². The Labute approximate surface area is 106 Å². The molecule has 0 spiro atoms. The maximum Gasteiger partial charge on any atom is 0.251 e. The van der Waals surface area contributed by atoms with Gasteiger partial charge in [-0.25, -0.2) is 0 Å². The van der Waals surface area contributed by atoms with Crippen molar-refractivity contribution in [2.24, 2.45) is 0 Å². The Bertz CT molecular complexity index is 500. The lowest BCUT2D eigenvalue weighted by Crippen LogP contribution is -2.22. The van der Waals surface area contributed by atoms with Gasteiger partial charge in [0.25, 0.3) is 5.91 Å². The molecule has 0 unspecified atom stereocenters. The lowest BCUT2D eigenvalue weighted by molar-refractivity contribution is 0.0950. The minimum atomic E-state index is -0.0695. The van der Waals surface area contributed by atoms with Gasteiger partial charge in [0.2, 0.25) is 0 Å². The van der Waals surface area contributed by atoms with Gasteiger partial charge in [0.1, 0.15) is 0 Å². The number of nitrogens with one attached hydrogen (secondary N) is 2. The molecule has 1 aromatic heterocycles. The molecule has 0 bridgehead atoms. The standard InChI is InChI=1S/C14H17N3O/c1-10(2)11-3-5-12(6-4-11)14(18)15-9-13-7-8-16-17-13/h3-8,10H,9H2,1-2H3,(H,15,18)(H,16,17). The summed E-state index contributed by atoms with van der Waals surface area (Å²) in [6.07, 6.45) is 1.67. The summed E-state index contributed by atoms with van der Waals surface area (Å²) in [6, 6.07) is 9.54. The van der Waals surface area contributed by atoms with Crippen molar-refractivity contribution in [1.29, 1.82) is 0 Å². The Balaban J connectivity index is 1.96. The highest BCUT2D eigenvalue weighted by atomic mass is 16.1. The molecular weight excluding hydrogens is 226 g/mol.